The number of amides is 1. The summed E-state index contributed by atoms with van der Waals surface area (Å²) in [5.74, 6) is 0.656. The highest BCUT2D eigenvalue weighted by atomic mass is 35.5. The minimum Gasteiger partial charge on any atom is -0.482 e. The fourth-order valence-electron chi connectivity index (χ4n) is 2.92. The Morgan fingerprint density at radius 1 is 1.25 bits per heavy atom. The van der Waals surface area contributed by atoms with Gasteiger partial charge in [0.1, 0.15) is 5.75 Å². The average molecular weight is 354 g/mol. The zero-order valence-electron chi connectivity index (χ0n) is 14.1. The largest absolute Gasteiger partial charge is 0.482 e. The van der Waals surface area contributed by atoms with Crippen LogP contribution in [0.1, 0.15) is 33.1 Å². The summed E-state index contributed by atoms with van der Waals surface area (Å²) in [4.78, 5) is 23.6. The van der Waals surface area contributed by atoms with E-state index in [1.54, 1.807) is 24.3 Å². The first-order valence-corrected chi connectivity index (χ1v) is 8.67. The van der Waals surface area contributed by atoms with Crippen LogP contribution in [0.25, 0.3) is 0 Å². The van der Waals surface area contributed by atoms with Crippen molar-refractivity contribution in [2.75, 3.05) is 13.2 Å². The van der Waals surface area contributed by atoms with Gasteiger partial charge in [-0.05, 0) is 36.5 Å². The van der Waals surface area contributed by atoms with Gasteiger partial charge in [0.05, 0.1) is 0 Å². The second-order valence-corrected chi connectivity index (χ2v) is 6.78. The molecular weight excluding hydrogens is 330 g/mol. The molecule has 1 saturated carbocycles. The van der Waals surface area contributed by atoms with Crippen LogP contribution in [0.5, 0.6) is 5.75 Å². The first-order valence-electron chi connectivity index (χ1n) is 8.29. The molecule has 0 bridgehead atoms. The maximum atomic E-state index is 11.9. The lowest BCUT2D eigenvalue weighted by Gasteiger charge is -2.34. The van der Waals surface area contributed by atoms with E-state index in [0.717, 1.165) is 12.8 Å². The van der Waals surface area contributed by atoms with Crippen LogP contribution in [0.4, 0.5) is 0 Å². The number of hydrogen-bond acceptors (Lipinski definition) is 4. The Bertz CT molecular complexity index is 578. The summed E-state index contributed by atoms with van der Waals surface area (Å²) in [7, 11) is 0. The average Bonchev–Trinajstić information content (AvgIpc) is 2.55. The van der Waals surface area contributed by atoms with E-state index in [9.17, 15) is 9.59 Å². The van der Waals surface area contributed by atoms with Crippen LogP contribution in [0.15, 0.2) is 24.3 Å². The summed E-state index contributed by atoms with van der Waals surface area (Å²) in [5, 5.41) is 3.49. The molecule has 1 fully saturated rings. The summed E-state index contributed by atoms with van der Waals surface area (Å²) < 4.78 is 10.2. The van der Waals surface area contributed by atoms with Crippen LogP contribution in [0, 0.1) is 11.8 Å². The summed E-state index contributed by atoms with van der Waals surface area (Å²) in [5.41, 5.74) is 0. The quantitative estimate of drug-likeness (QED) is 0.797. The van der Waals surface area contributed by atoms with Crippen molar-refractivity contribution in [1.29, 1.82) is 0 Å². The number of rotatable bonds is 6. The Balaban J connectivity index is 1.68. The van der Waals surface area contributed by atoms with Gasteiger partial charge in [-0.3, -0.25) is 4.79 Å². The molecule has 24 heavy (non-hydrogen) atoms. The number of carbonyl (C=O) groups excluding carboxylic acids is 2. The van der Waals surface area contributed by atoms with Crippen LogP contribution in [0.3, 0.4) is 0 Å². The standard InChI is InChI=1S/C18H24ClNO4/c1-12-5-3-8-16(13(12)2)20-17(21)10-24-18(22)11-23-15-7-4-6-14(19)9-15/h4,6-7,9,12-13,16H,3,5,8,10-11H2,1-2H3,(H,20,21). The Morgan fingerprint density at radius 3 is 2.79 bits per heavy atom. The number of hydrogen-bond donors (Lipinski definition) is 1. The first kappa shape index (κ1) is 18.6. The van der Waals surface area contributed by atoms with Crippen LogP contribution in [-0.2, 0) is 14.3 Å². The number of nitrogens with one attached hydrogen (secondary N) is 1. The lowest BCUT2D eigenvalue weighted by atomic mass is 9.78. The zero-order chi connectivity index (χ0) is 17.5. The molecule has 0 aliphatic heterocycles. The van der Waals surface area contributed by atoms with Gasteiger partial charge in [0.2, 0.25) is 0 Å². The van der Waals surface area contributed by atoms with Crippen molar-refractivity contribution in [1.82, 2.24) is 5.32 Å². The predicted octanol–water partition coefficient (Wildman–Crippen LogP) is 3.20. The Labute approximate surface area is 147 Å². The summed E-state index contributed by atoms with van der Waals surface area (Å²) >= 11 is 5.83. The molecule has 1 amide bonds. The molecule has 3 unspecified atom stereocenters. The van der Waals surface area contributed by atoms with Gasteiger partial charge in [0.15, 0.2) is 13.2 Å². The molecule has 3 atom stereocenters. The third-order valence-corrected chi connectivity index (χ3v) is 4.81. The van der Waals surface area contributed by atoms with E-state index in [-0.39, 0.29) is 25.2 Å². The maximum absolute atomic E-state index is 11.9. The van der Waals surface area contributed by atoms with Gasteiger partial charge < -0.3 is 14.8 Å². The predicted molar refractivity (Wildman–Crippen MR) is 92.0 cm³/mol. The van der Waals surface area contributed by atoms with Crippen molar-refractivity contribution in [3.8, 4) is 5.75 Å². The Kier molecular flexibility index (Phi) is 6.91. The monoisotopic (exact) mass is 353 g/mol. The molecule has 0 heterocycles. The highest BCUT2D eigenvalue weighted by molar-refractivity contribution is 6.30. The van der Waals surface area contributed by atoms with Gasteiger partial charge in [0, 0.05) is 11.1 Å². The van der Waals surface area contributed by atoms with Crippen LogP contribution < -0.4 is 10.1 Å². The number of halogens is 1. The lowest BCUT2D eigenvalue weighted by Crippen LogP contribution is -2.45. The minimum absolute atomic E-state index is 0.155. The van der Waals surface area contributed by atoms with Crippen molar-refractivity contribution in [2.24, 2.45) is 11.8 Å². The fraction of sp³-hybridized carbons (Fsp3) is 0.556. The molecule has 5 nitrogen and oxygen atoms in total. The maximum Gasteiger partial charge on any atom is 0.344 e. The lowest BCUT2D eigenvalue weighted by molar-refractivity contribution is -0.150. The smallest absolute Gasteiger partial charge is 0.344 e. The van der Waals surface area contributed by atoms with Crippen LogP contribution in [0.2, 0.25) is 5.02 Å². The highest BCUT2D eigenvalue weighted by Gasteiger charge is 2.28. The van der Waals surface area contributed by atoms with E-state index < -0.39 is 5.97 Å². The summed E-state index contributed by atoms with van der Waals surface area (Å²) in [6.45, 7) is 3.82. The molecule has 1 aromatic carbocycles. The van der Waals surface area contributed by atoms with E-state index in [0.29, 0.717) is 22.6 Å². The zero-order valence-corrected chi connectivity index (χ0v) is 14.8. The third kappa shape index (κ3) is 5.71. The van der Waals surface area contributed by atoms with E-state index in [1.807, 2.05) is 0 Å². The number of benzene rings is 1. The van der Waals surface area contributed by atoms with Gasteiger partial charge in [-0.15, -0.1) is 0 Å². The SMILES string of the molecule is CC1CCCC(NC(=O)COC(=O)COc2cccc(Cl)c2)C1C. The molecule has 1 N–H and O–H groups in total. The van der Waals surface area contributed by atoms with Crippen molar-refractivity contribution in [2.45, 2.75) is 39.2 Å². The summed E-state index contributed by atoms with van der Waals surface area (Å²) in [6.07, 6.45) is 3.29. The van der Waals surface area contributed by atoms with E-state index in [2.05, 4.69) is 19.2 Å². The topological polar surface area (TPSA) is 64.6 Å². The summed E-state index contributed by atoms with van der Waals surface area (Å²) in [6, 6.07) is 6.89. The van der Waals surface area contributed by atoms with Gasteiger partial charge in [-0.2, -0.15) is 0 Å². The molecule has 6 heteroatoms. The second kappa shape index (κ2) is 8.92. The second-order valence-electron chi connectivity index (χ2n) is 6.35. The van der Waals surface area contributed by atoms with Crippen molar-refractivity contribution in [3.63, 3.8) is 0 Å². The van der Waals surface area contributed by atoms with Crippen LogP contribution in [-0.4, -0.2) is 31.1 Å². The number of esters is 1. The van der Waals surface area contributed by atoms with Gasteiger partial charge in [0.25, 0.3) is 5.91 Å². The third-order valence-electron chi connectivity index (χ3n) is 4.57. The molecule has 1 aromatic rings. The van der Waals surface area contributed by atoms with Gasteiger partial charge >= 0.3 is 5.97 Å². The first-order chi connectivity index (χ1) is 11.5. The minimum atomic E-state index is -0.588. The van der Waals surface area contributed by atoms with Crippen LogP contribution >= 0.6 is 11.6 Å². The van der Waals surface area contributed by atoms with Crippen molar-refractivity contribution < 1.29 is 19.1 Å². The molecule has 0 spiro atoms. The molecule has 132 valence electrons. The highest BCUT2D eigenvalue weighted by Crippen LogP contribution is 2.29. The van der Waals surface area contributed by atoms with Gasteiger partial charge in [-0.25, -0.2) is 4.79 Å². The molecule has 0 radical (unpaired) electrons. The molecule has 1 aliphatic carbocycles. The van der Waals surface area contributed by atoms with E-state index in [1.165, 1.54) is 6.42 Å². The van der Waals surface area contributed by atoms with Crippen molar-refractivity contribution >= 4 is 23.5 Å². The number of carbonyl (C=O) groups is 2. The normalized spacial score (nSPS) is 23.4. The Hall–Kier alpha value is -1.75. The molecule has 2 rings (SSSR count). The fourth-order valence-corrected chi connectivity index (χ4v) is 3.10. The Morgan fingerprint density at radius 2 is 2.04 bits per heavy atom. The molecule has 0 saturated heterocycles. The molecule has 0 aromatic heterocycles. The number of ether oxygens (including phenoxy) is 2. The van der Waals surface area contributed by atoms with Crippen molar-refractivity contribution in [3.05, 3.63) is 29.3 Å². The van der Waals surface area contributed by atoms with E-state index >= 15 is 0 Å². The van der Waals surface area contributed by atoms with E-state index in [4.69, 9.17) is 21.1 Å². The van der Waals surface area contributed by atoms with Gasteiger partial charge in [-0.1, -0.05) is 44.4 Å². The molecular formula is C18H24ClNO4. The molecule has 1 aliphatic rings.